The molecular formula is C13H26N2O2. The van der Waals surface area contributed by atoms with Crippen LogP contribution in [0.5, 0.6) is 0 Å². The summed E-state index contributed by atoms with van der Waals surface area (Å²) in [6.45, 7) is 8.88. The molecule has 0 aliphatic carbocycles. The van der Waals surface area contributed by atoms with Gasteiger partial charge in [0.2, 0.25) is 5.91 Å². The number of aliphatic hydroxyl groups excluding tert-OH is 1. The average molecular weight is 242 g/mol. The molecule has 2 atom stereocenters. The van der Waals surface area contributed by atoms with Crippen LogP contribution in [0.4, 0.5) is 0 Å². The van der Waals surface area contributed by atoms with Gasteiger partial charge in [-0.05, 0) is 39.2 Å². The summed E-state index contributed by atoms with van der Waals surface area (Å²) in [4.78, 5) is 14.3. The summed E-state index contributed by atoms with van der Waals surface area (Å²) >= 11 is 0. The second-order valence-corrected chi connectivity index (χ2v) is 5.40. The van der Waals surface area contributed by atoms with E-state index in [1.807, 2.05) is 18.7 Å². The smallest absolute Gasteiger partial charge is 0.227 e. The third kappa shape index (κ3) is 4.28. The zero-order chi connectivity index (χ0) is 12.8. The molecule has 2 unspecified atom stereocenters. The Morgan fingerprint density at radius 2 is 2.18 bits per heavy atom. The van der Waals surface area contributed by atoms with Gasteiger partial charge >= 0.3 is 0 Å². The highest BCUT2D eigenvalue weighted by molar-refractivity contribution is 5.79. The Morgan fingerprint density at radius 3 is 2.71 bits per heavy atom. The molecule has 1 aliphatic rings. The molecule has 1 fully saturated rings. The first-order chi connectivity index (χ1) is 8.06. The van der Waals surface area contributed by atoms with Gasteiger partial charge in [0, 0.05) is 25.7 Å². The van der Waals surface area contributed by atoms with E-state index in [0.717, 1.165) is 19.5 Å². The van der Waals surface area contributed by atoms with Crippen LogP contribution >= 0.6 is 0 Å². The maximum absolute atomic E-state index is 12.4. The van der Waals surface area contributed by atoms with Crippen molar-refractivity contribution in [2.24, 2.45) is 11.8 Å². The van der Waals surface area contributed by atoms with Crippen molar-refractivity contribution in [1.82, 2.24) is 10.2 Å². The first-order valence-corrected chi connectivity index (χ1v) is 6.68. The molecular weight excluding hydrogens is 216 g/mol. The molecule has 0 radical (unpaired) electrons. The summed E-state index contributed by atoms with van der Waals surface area (Å²) in [6, 6.07) is 0.214. The fourth-order valence-corrected chi connectivity index (χ4v) is 2.44. The number of hydrogen-bond acceptors (Lipinski definition) is 3. The van der Waals surface area contributed by atoms with Crippen molar-refractivity contribution in [2.45, 2.75) is 39.7 Å². The van der Waals surface area contributed by atoms with E-state index in [1.165, 1.54) is 0 Å². The van der Waals surface area contributed by atoms with E-state index in [1.54, 1.807) is 0 Å². The minimum absolute atomic E-state index is 0.111. The van der Waals surface area contributed by atoms with Crippen molar-refractivity contribution in [3.63, 3.8) is 0 Å². The predicted octanol–water partition coefficient (Wildman–Crippen LogP) is 0.851. The lowest BCUT2D eigenvalue weighted by atomic mass is 9.90. The van der Waals surface area contributed by atoms with Crippen molar-refractivity contribution >= 4 is 5.91 Å². The highest BCUT2D eigenvalue weighted by Crippen LogP contribution is 2.19. The van der Waals surface area contributed by atoms with E-state index in [2.05, 4.69) is 12.2 Å². The second kappa shape index (κ2) is 6.97. The molecule has 0 aromatic heterocycles. The number of aliphatic hydroxyl groups is 1. The number of rotatable bonds is 5. The van der Waals surface area contributed by atoms with Gasteiger partial charge in [-0.2, -0.15) is 0 Å². The van der Waals surface area contributed by atoms with Crippen molar-refractivity contribution < 1.29 is 9.90 Å². The average Bonchev–Trinajstić information content (AvgIpc) is 2.29. The van der Waals surface area contributed by atoms with Crippen LogP contribution in [0.2, 0.25) is 0 Å². The fourth-order valence-electron chi connectivity index (χ4n) is 2.44. The molecule has 1 rings (SSSR count). The molecule has 1 saturated heterocycles. The molecule has 1 heterocycles. The summed E-state index contributed by atoms with van der Waals surface area (Å²) in [7, 11) is 0. The number of hydrogen-bond donors (Lipinski definition) is 2. The Hall–Kier alpha value is -0.610. The Labute approximate surface area is 104 Å². The lowest BCUT2D eigenvalue weighted by Gasteiger charge is -2.34. The number of carbonyl (C=O) groups excluding carboxylic acids is 1. The molecule has 2 N–H and O–H groups in total. The van der Waals surface area contributed by atoms with E-state index in [4.69, 9.17) is 5.11 Å². The van der Waals surface area contributed by atoms with Crippen molar-refractivity contribution in [3.8, 4) is 0 Å². The highest BCUT2D eigenvalue weighted by atomic mass is 16.3. The van der Waals surface area contributed by atoms with Crippen LogP contribution in [0.3, 0.4) is 0 Å². The Kier molecular flexibility index (Phi) is 5.92. The number of nitrogens with one attached hydrogen (secondary N) is 1. The van der Waals surface area contributed by atoms with Gasteiger partial charge in [-0.3, -0.25) is 4.79 Å². The largest absolute Gasteiger partial charge is 0.396 e. The summed E-state index contributed by atoms with van der Waals surface area (Å²) in [5.41, 5.74) is 0. The van der Waals surface area contributed by atoms with E-state index in [-0.39, 0.29) is 24.5 Å². The Bertz CT molecular complexity index is 244. The molecule has 1 amide bonds. The monoisotopic (exact) mass is 242 g/mol. The molecule has 0 bridgehead atoms. The number of amides is 1. The first-order valence-electron chi connectivity index (χ1n) is 6.68. The molecule has 0 saturated carbocycles. The van der Waals surface area contributed by atoms with Gasteiger partial charge in [0.1, 0.15) is 0 Å². The normalized spacial score (nSPS) is 25.0. The minimum atomic E-state index is 0.111. The molecule has 4 heteroatoms. The first kappa shape index (κ1) is 14.5. The molecule has 0 aromatic rings. The van der Waals surface area contributed by atoms with Crippen LogP contribution in [0.15, 0.2) is 0 Å². The standard InChI is InChI=1S/C13H26N2O2/c1-10(2)15(5-4-6-16)13(17)12-7-11(3)8-14-9-12/h10-12,14,16H,4-9H2,1-3H3. The van der Waals surface area contributed by atoms with Crippen LogP contribution in [-0.4, -0.2) is 48.2 Å². The van der Waals surface area contributed by atoms with Crippen LogP contribution < -0.4 is 5.32 Å². The maximum atomic E-state index is 12.4. The number of piperidine rings is 1. The van der Waals surface area contributed by atoms with Crippen LogP contribution in [0.1, 0.15) is 33.6 Å². The molecule has 1 aliphatic heterocycles. The topological polar surface area (TPSA) is 52.6 Å². The molecule has 100 valence electrons. The summed E-state index contributed by atoms with van der Waals surface area (Å²) in [5, 5.41) is 12.2. The van der Waals surface area contributed by atoms with Gasteiger partial charge in [0.15, 0.2) is 0 Å². The molecule has 0 spiro atoms. The zero-order valence-corrected chi connectivity index (χ0v) is 11.3. The lowest BCUT2D eigenvalue weighted by molar-refractivity contribution is -0.138. The minimum Gasteiger partial charge on any atom is -0.396 e. The van der Waals surface area contributed by atoms with Crippen LogP contribution in [0, 0.1) is 11.8 Å². The summed E-state index contributed by atoms with van der Waals surface area (Å²) < 4.78 is 0. The van der Waals surface area contributed by atoms with Gasteiger partial charge in [0.05, 0.1) is 5.92 Å². The zero-order valence-electron chi connectivity index (χ0n) is 11.3. The van der Waals surface area contributed by atoms with Crippen LogP contribution in [-0.2, 0) is 4.79 Å². The third-order valence-electron chi connectivity index (χ3n) is 3.38. The van der Waals surface area contributed by atoms with E-state index in [9.17, 15) is 4.79 Å². The van der Waals surface area contributed by atoms with Crippen LogP contribution in [0.25, 0.3) is 0 Å². The van der Waals surface area contributed by atoms with E-state index < -0.39 is 0 Å². The lowest BCUT2D eigenvalue weighted by Crippen LogP contribution is -2.47. The predicted molar refractivity (Wildman–Crippen MR) is 68.7 cm³/mol. The van der Waals surface area contributed by atoms with Gasteiger partial charge < -0.3 is 15.3 Å². The van der Waals surface area contributed by atoms with Gasteiger partial charge in [0.25, 0.3) is 0 Å². The molecule has 0 aromatic carbocycles. The Balaban J connectivity index is 2.56. The van der Waals surface area contributed by atoms with Gasteiger partial charge in [-0.25, -0.2) is 0 Å². The number of nitrogens with zero attached hydrogens (tertiary/aromatic N) is 1. The fraction of sp³-hybridized carbons (Fsp3) is 0.923. The SMILES string of the molecule is CC1CNCC(C(=O)N(CCCO)C(C)C)C1. The molecule has 17 heavy (non-hydrogen) atoms. The maximum Gasteiger partial charge on any atom is 0.227 e. The van der Waals surface area contributed by atoms with Gasteiger partial charge in [-0.15, -0.1) is 0 Å². The van der Waals surface area contributed by atoms with E-state index in [0.29, 0.717) is 18.9 Å². The van der Waals surface area contributed by atoms with Gasteiger partial charge in [-0.1, -0.05) is 6.92 Å². The highest BCUT2D eigenvalue weighted by Gasteiger charge is 2.29. The van der Waals surface area contributed by atoms with Crippen molar-refractivity contribution in [3.05, 3.63) is 0 Å². The summed E-state index contributed by atoms with van der Waals surface area (Å²) in [6.07, 6.45) is 1.65. The van der Waals surface area contributed by atoms with E-state index >= 15 is 0 Å². The quantitative estimate of drug-likeness (QED) is 0.751. The second-order valence-electron chi connectivity index (χ2n) is 5.40. The van der Waals surface area contributed by atoms with Crippen molar-refractivity contribution in [1.29, 1.82) is 0 Å². The molecule has 4 nitrogen and oxygen atoms in total. The number of carbonyl (C=O) groups is 1. The van der Waals surface area contributed by atoms with Crippen molar-refractivity contribution in [2.75, 3.05) is 26.2 Å². The summed E-state index contributed by atoms with van der Waals surface area (Å²) in [5.74, 6) is 0.928. The third-order valence-corrected chi connectivity index (χ3v) is 3.38. The Morgan fingerprint density at radius 1 is 1.47 bits per heavy atom.